The lowest BCUT2D eigenvalue weighted by Gasteiger charge is -2.26. The van der Waals surface area contributed by atoms with Crippen LogP contribution in [0.3, 0.4) is 0 Å². The number of aliphatic hydroxyl groups is 1. The van der Waals surface area contributed by atoms with Crippen LogP contribution in [0.5, 0.6) is 0 Å². The molecule has 0 saturated heterocycles. The third-order valence-electron chi connectivity index (χ3n) is 3.17. The van der Waals surface area contributed by atoms with Crippen molar-refractivity contribution >= 4 is 15.9 Å². The fraction of sp³-hybridized carbons (Fsp3) is 1.00. The molecule has 0 bridgehead atoms. The van der Waals surface area contributed by atoms with Gasteiger partial charge in [0.2, 0.25) is 0 Å². The van der Waals surface area contributed by atoms with E-state index in [9.17, 15) is 5.11 Å². The van der Waals surface area contributed by atoms with Crippen molar-refractivity contribution in [2.75, 3.05) is 0 Å². The molecule has 1 fully saturated rings. The lowest BCUT2D eigenvalue weighted by atomic mass is 9.88. The second-order valence-corrected chi connectivity index (χ2v) is 5.02. The fourth-order valence-electron chi connectivity index (χ4n) is 1.56. The van der Waals surface area contributed by atoms with Gasteiger partial charge in [-0.1, -0.05) is 29.8 Å². The van der Waals surface area contributed by atoms with Crippen molar-refractivity contribution in [2.24, 2.45) is 11.3 Å². The SMILES string of the molecule is CC1C(Br)C1(C)C(C)(C)O. The van der Waals surface area contributed by atoms with Gasteiger partial charge in [-0.15, -0.1) is 0 Å². The van der Waals surface area contributed by atoms with E-state index in [0.29, 0.717) is 10.7 Å². The molecule has 0 aromatic carbocycles. The van der Waals surface area contributed by atoms with Crippen molar-refractivity contribution < 1.29 is 5.11 Å². The first kappa shape index (κ1) is 8.54. The van der Waals surface area contributed by atoms with Gasteiger partial charge in [0.15, 0.2) is 0 Å². The van der Waals surface area contributed by atoms with E-state index >= 15 is 0 Å². The van der Waals surface area contributed by atoms with E-state index in [0.717, 1.165) is 0 Å². The molecule has 0 heterocycles. The summed E-state index contributed by atoms with van der Waals surface area (Å²) in [7, 11) is 0. The minimum atomic E-state index is -0.555. The Hall–Kier alpha value is 0.440. The Kier molecular flexibility index (Phi) is 1.69. The summed E-state index contributed by atoms with van der Waals surface area (Å²) in [5, 5.41) is 9.73. The molecule has 0 aromatic heterocycles. The normalized spacial score (nSPS) is 47.4. The number of halogens is 1. The molecule has 1 N–H and O–H groups in total. The van der Waals surface area contributed by atoms with Crippen molar-refractivity contribution in [3.8, 4) is 0 Å². The number of rotatable bonds is 1. The molecule has 60 valence electrons. The molecule has 1 rings (SSSR count). The summed E-state index contributed by atoms with van der Waals surface area (Å²) in [6, 6.07) is 0. The average Bonchev–Trinajstić information content (AvgIpc) is 2.19. The molecule has 10 heavy (non-hydrogen) atoms. The zero-order valence-corrected chi connectivity index (χ0v) is 8.57. The third-order valence-corrected chi connectivity index (χ3v) is 4.91. The summed E-state index contributed by atoms with van der Waals surface area (Å²) in [4.78, 5) is 0.486. The van der Waals surface area contributed by atoms with Gasteiger partial charge in [0.05, 0.1) is 5.60 Å². The lowest BCUT2D eigenvalue weighted by molar-refractivity contribution is 0.00522. The van der Waals surface area contributed by atoms with E-state index in [1.807, 2.05) is 13.8 Å². The Morgan fingerprint density at radius 3 is 1.80 bits per heavy atom. The zero-order chi connectivity index (χ0) is 8.15. The van der Waals surface area contributed by atoms with Gasteiger partial charge in [0, 0.05) is 10.2 Å². The van der Waals surface area contributed by atoms with E-state index in [4.69, 9.17) is 0 Å². The maximum absolute atomic E-state index is 9.73. The Balaban J connectivity index is 2.75. The number of hydrogen-bond acceptors (Lipinski definition) is 1. The van der Waals surface area contributed by atoms with Crippen LogP contribution in [-0.2, 0) is 0 Å². The summed E-state index contributed by atoms with van der Waals surface area (Å²) in [5.41, 5.74) is -0.479. The molecular formula is C8H15BrO. The van der Waals surface area contributed by atoms with Gasteiger partial charge >= 0.3 is 0 Å². The molecule has 1 aliphatic carbocycles. The monoisotopic (exact) mass is 206 g/mol. The predicted octanol–water partition coefficient (Wildman–Crippen LogP) is 2.18. The van der Waals surface area contributed by atoms with Gasteiger partial charge < -0.3 is 5.11 Å². The molecular weight excluding hydrogens is 192 g/mol. The highest BCUT2D eigenvalue weighted by molar-refractivity contribution is 9.09. The van der Waals surface area contributed by atoms with E-state index in [-0.39, 0.29) is 5.41 Å². The van der Waals surface area contributed by atoms with Crippen LogP contribution in [0.15, 0.2) is 0 Å². The molecule has 0 aromatic rings. The van der Waals surface area contributed by atoms with Crippen LogP contribution in [0.1, 0.15) is 27.7 Å². The van der Waals surface area contributed by atoms with Gasteiger partial charge in [-0.05, 0) is 19.8 Å². The maximum atomic E-state index is 9.73. The van der Waals surface area contributed by atoms with Crippen molar-refractivity contribution in [3.63, 3.8) is 0 Å². The van der Waals surface area contributed by atoms with Gasteiger partial charge in [0.25, 0.3) is 0 Å². The van der Waals surface area contributed by atoms with Crippen molar-refractivity contribution in [1.82, 2.24) is 0 Å². The first-order valence-corrected chi connectivity index (χ1v) is 4.60. The topological polar surface area (TPSA) is 20.2 Å². The molecule has 0 amide bonds. The molecule has 3 atom stereocenters. The largest absolute Gasteiger partial charge is 0.390 e. The van der Waals surface area contributed by atoms with Crippen LogP contribution in [-0.4, -0.2) is 15.5 Å². The van der Waals surface area contributed by atoms with Gasteiger partial charge in [-0.2, -0.15) is 0 Å². The van der Waals surface area contributed by atoms with Crippen LogP contribution >= 0.6 is 15.9 Å². The lowest BCUT2D eigenvalue weighted by Crippen LogP contribution is -2.32. The van der Waals surface area contributed by atoms with Crippen LogP contribution in [0.4, 0.5) is 0 Å². The molecule has 1 nitrogen and oxygen atoms in total. The molecule has 1 aliphatic rings. The highest BCUT2D eigenvalue weighted by Crippen LogP contribution is 2.62. The summed E-state index contributed by atoms with van der Waals surface area (Å²) in [6.45, 7) is 8.05. The van der Waals surface area contributed by atoms with Crippen LogP contribution in [0.25, 0.3) is 0 Å². The highest BCUT2D eigenvalue weighted by Gasteiger charge is 2.64. The molecule has 0 radical (unpaired) electrons. The van der Waals surface area contributed by atoms with Gasteiger partial charge in [-0.25, -0.2) is 0 Å². The van der Waals surface area contributed by atoms with Crippen LogP contribution < -0.4 is 0 Å². The molecule has 2 heteroatoms. The Bertz CT molecular complexity index is 140. The number of alkyl halides is 1. The van der Waals surface area contributed by atoms with Crippen molar-refractivity contribution in [3.05, 3.63) is 0 Å². The maximum Gasteiger partial charge on any atom is 0.0658 e. The predicted molar refractivity (Wildman–Crippen MR) is 46.3 cm³/mol. The molecule has 0 aliphatic heterocycles. The first-order chi connectivity index (χ1) is 4.32. The van der Waals surface area contributed by atoms with E-state index in [1.165, 1.54) is 0 Å². The minimum Gasteiger partial charge on any atom is -0.390 e. The van der Waals surface area contributed by atoms with Gasteiger partial charge in [0.1, 0.15) is 0 Å². The molecule has 1 saturated carbocycles. The molecule has 3 unspecified atom stereocenters. The minimum absolute atomic E-state index is 0.0764. The smallest absolute Gasteiger partial charge is 0.0658 e. The van der Waals surface area contributed by atoms with Crippen LogP contribution in [0.2, 0.25) is 0 Å². The third kappa shape index (κ3) is 0.850. The fourth-order valence-corrected chi connectivity index (χ4v) is 2.93. The van der Waals surface area contributed by atoms with E-state index < -0.39 is 5.60 Å². The Morgan fingerprint density at radius 1 is 1.50 bits per heavy atom. The van der Waals surface area contributed by atoms with Crippen LogP contribution in [0, 0.1) is 11.3 Å². The standard InChI is InChI=1S/C8H15BrO/c1-5-6(9)8(5,4)7(2,3)10/h5-6,10H,1-4H3. The summed E-state index contributed by atoms with van der Waals surface area (Å²) >= 11 is 3.55. The molecule has 0 spiro atoms. The Labute approximate surface area is 70.9 Å². The Morgan fingerprint density at radius 2 is 1.80 bits per heavy atom. The average molecular weight is 207 g/mol. The van der Waals surface area contributed by atoms with E-state index in [1.54, 1.807) is 0 Å². The van der Waals surface area contributed by atoms with Crippen molar-refractivity contribution in [2.45, 2.75) is 38.1 Å². The van der Waals surface area contributed by atoms with Gasteiger partial charge in [-0.3, -0.25) is 0 Å². The first-order valence-electron chi connectivity index (χ1n) is 3.68. The second-order valence-electron chi connectivity index (χ2n) is 4.03. The summed E-state index contributed by atoms with van der Waals surface area (Å²) in [5.74, 6) is 0.590. The quantitative estimate of drug-likeness (QED) is 0.653. The highest BCUT2D eigenvalue weighted by atomic mass is 79.9. The summed E-state index contributed by atoms with van der Waals surface area (Å²) < 4.78 is 0. The van der Waals surface area contributed by atoms with E-state index in [2.05, 4.69) is 29.8 Å². The zero-order valence-electron chi connectivity index (χ0n) is 6.98. The number of hydrogen-bond donors (Lipinski definition) is 1. The second kappa shape index (κ2) is 1.98. The summed E-state index contributed by atoms with van der Waals surface area (Å²) in [6.07, 6.45) is 0. The van der Waals surface area contributed by atoms with Crippen molar-refractivity contribution in [1.29, 1.82) is 0 Å².